The van der Waals surface area contributed by atoms with Crippen molar-refractivity contribution in [3.63, 3.8) is 0 Å². The van der Waals surface area contributed by atoms with Crippen LogP contribution in [-0.4, -0.2) is 42.6 Å². The van der Waals surface area contributed by atoms with E-state index >= 15 is 0 Å². The predicted octanol–water partition coefficient (Wildman–Crippen LogP) is 2.00. The summed E-state index contributed by atoms with van der Waals surface area (Å²) in [6.07, 6.45) is 11.6. The van der Waals surface area contributed by atoms with E-state index in [1.54, 1.807) is 12.2 Å². The third kappa shape index (κ3) is 3.37. The largest absolute Gasteiger partial charge is 0.306 e. The molecule has 0 unspecified atom stereocenters. The number of nitrogens with zero attached hydrogens (tertiary/aromatic N) is 2. The summed E-state index contributed by atoms with van der Waals surface area (Å²) in [4.78, 5) is 18.0. The molecular weight excluding hydrogens is 212 g/mol. The van der Waals surface area contributed by atoms with Crippen molar-refractivity contribution in [2.24, 2.45) is 4.99 Å². The second-order valence-electron chi connectivity index (χ2n) is 5.05. The molecule has 0 spiro atoms. The molecule has 0 aliphatic heterocycles. The molecule has 0 bridgehead atoms. The van der Waals surface area contributed by atoms with Crippen molar-refractivity contribution in [1.82, 2.24) is 4.90 Å². The summed E-state index contributed by atoms with van der Waals surface area (Å²) in [7, 11) is 4.30. The van der Waals surface area contributed by atoms with Gasteiger partial charge in [0.15, 0.2) is 5.78 Å². The van der Waals surface area contributed by atoms with Crippen molar-refractivity contribution < 1.29 is 4.79 Å². The van der Waals surface area contributed by atoms with E-state index in [-0.39, 0.29) is 5.78 Å². The average Bonchev–Trinajstić information content (AvgIpc) is 2.33. The third-order valence-electron chi connectivity index (χ3n) is 3.56. The van der Waals surface area contributed by atoms with Crippen LogP contribution in [0.1, 0.15) is 25.7 Å². The Hall–Kier alpha value is -1.22. The highest BCUT2D eigenvalue weighted by Gasteiger charge is 2.21. The number of carbonyl (C=O) groups excluding carboxylic acids is 1. The van der Waals surface area contributed by atoms with E-state index in [9.17, 15) is 4.79 Å². The molecule has 0 atom stereocenters. The predicted molar refractivity (Wildman–Crippen MR) is 70.5 cm³/mol. The maximum atomic E-state index is 11.0. The van der Waals surface area contributed by atoms with Crippen molar-refractivity contribution in [2.45, 2.75) is 37.8 Å². The number of aliphatic imine (C=N–C) groups is 1. The fraction of sp³-hybridized carbons (Fsp3) is 0.571. The lowest BCUT2D eigenvalue weighted by molar-refractivity contribution is -0.110. The fourth-order valence-corrected chi connectivity index (χ4v) is 2.45. The van der Waals surface area contributed by atoms with Gasteiger partial charge in [0, 0.05) is 6.04 Å². The van der Waals surface area contributed by atoms with E-state index in [0.717, 1.165) is 18.6 Å². The lowest BCUT2D eigenvalue weighted by Crippen LogP contribution is -2.33. The Balaban J connectivity index is 1.90. The molecule has 1 fully saturated rings. The van der Waals surface area contributed by atoms with Crippen LogP contribution in [-0.2, 0) is 4.79 Å². The van der Waals surface area contributed by atoms with Crippen LogP contribution in [0, 0.1) is 0 Å². The summed E-state index contributed by atoms with van der Waals surface area (Å²) < 4.78 is 0. The van der Waals surface area contributed by atoms with Gasteiger partial charge in [0.25, 0.3) is 0 Å². The van der Waals surface area contributed by atoms with Gasteiger partial charge in [-0.3, -0.25) is 9.79 Å². The molecule has 0 aromatic heterocycles. The lowest BCUT2D eigenvalue weighted by Gasteiger charge is -2.31. The van der Waals surface area contributed by atoms with Crippen LogP contribution in [0.2, 0.25) is 0 Å². The second kappa shape index (κ2) is 5.41. The number of ketones is 1. The Kier molecular flexibility index (Phi) is 3.89. The van der Waals surface area contributed by atoms with Gasteiger partial charge in [-0.25, -0.2) is 0 Å². The van der Waals surface area contributed by atoms with Gasteiger partial charge >= 0.3 is 0 Å². The van der Waals surface area contributed by atoms with Crippen molar-refractivity contribution in [2.75, 3.05) is 14.1 Å². The maximum absolute atomic E-state index is 11.0. The first-order chi connectivity index (χ1) is 8.15. The van der Waals surface area contributed by atoms with Gasteiger partial charge in [-0.05, 0) is 64.1 Å². The van der Waals surface area contributed by atoms with Gasteiger partial charge in [0.1, 0.15) is 0 Å². The molecule has 0 amide bonds. The van der Waals surface area contributed by atoms with Crippen LogP contribution in [0.4, 0.5) is 0 Å². The zero-order valence-electron chi connectivity index (χ0n) is 10.6. The van der Waals surface area contributed by atoms with E-state index in [4.69, 9.17) is 4.99 Å². The Morgan fingerprint density at radius 1 is 1.06 bits per heavy atom. The molecule has 92 valence electrons. The van der Waals surface area contributed by atoms with Crippen LogP contribution >= 0.6 is 0 Å². The minimum Gasteiger partial charge on any atom is -0.306 e. The van der Waals surface area contributed by atoms with Crippen LogP contribution in [0.3, 0.4) is 0 Å². The highest BCUT2D eigenvalue weighted by molar-refractivity contribution is 6.16. The number of carbonyl (C=O) groups is 1. The summed E-state index contributed by atoms with van der Waals surface area (Å²) in [5.41, 5.74) is 0.943. The van der Waals surface area contributed by atoms with Gasteiger partial charge < -0.3 is 4.90 Å². The van der Waals surface area contributed by atoms with Crippen LogP contribution in [0.15, 0.2) is 29.3 Å². The van der Waals surface area contributed by atoms with Crippen LogP contribution in [0.5, 0.6) is 0 Å². The van der Waals surface area contributed by atoms with Crippen LogP contribution < -0.4 is 0 Å². The zero-order chi connectivity index (χ0) is 12.3. The van der Waals surface area contributed by atoms with Gasteiger partial charge in [-0.2, -0.15) is 0 Å². The smallest absolute Gasteiger partial charge is 0.178 e. The Morgan fingerprint density at radius 3 is 2.18 bits per heavy atom. The van der Waals surface area contributed by atoms with E-state index in [2.05, 4.69) is 19.0 Å². The summed E-state index contributed by atoms with van der Waals surface area (Å²) in [5.74, 6) is 0.0558. The van der Waals surface area contributed by atoms with Crippen molar-refractivity contribution in [1.29, 1.82) is 0 Å². The summed E-state index contributed by atoms with van der Waals surface area (Å²) >= 11 is 0. The second-order valence-corrected chi connectivity index (χ2v) is 5.05. The normalized spacial score (nSPS) is 28.9. The molecule has 0 aromatic rings. The van der Waals surface area contributed by atoms with E-state index < -0.39 is 0 Å². The molecule has 2 aliphatic rings. The van der Waals surface area contributed by atoms with Gasteiger partial charge in [0.2, 0.25) is 0 Å². The first-order valence-corrected chi connectivity index (χ1v) is 6.29. The van der Waals surface area contributed by atoms with E-state index in [1.807, 2.05) is 12.2 Å². The number of hydrogen-bond donors (Lipinski definition) is 0. The lowest BCUT2D eigenvalue weighted by atomic mass is 9.91. The summed E-state index contributed by atoms with van der Waals surface area (Å²) in [6, 6.07) is 1.15. The van der Waals surface area contributed by atoms with E-state index in [1.165, 1.54) is 12.8 Å². The minimum atomic E-state index is 0.0558. The van der Waals surface area contributed by atoms with E-state index in [0.29, 0.717) is 12.1 Å². The van der Waals surface area contributed by atoms with Crippen molar-refractivity contribution in [3.8, 4) is 0 Å². The number of rotatable bonds is 2. The molecule has 17 heavy (non-hydrogen) atoms. The van der Waals surface area contributed by atoms with Gasteiger partial charge in [-0.15, -0.1) is 0 Å². The topological polar surface area (TPSA) is 32.7 Å². The molecule has 0 N–H and O–H groups in total. The third-order valence-corrected chi connectivity index (χ3v) is 3.56. The van der Waals surface area contributed by atoms with Crippen molar-refractivity contribution >= 4 is 11.5 Å². The summed E-state index contributed by atoms with van der Waals surface area (Å²) in [5, 5.41) is 0. The molecule has 0 radical (unpaired) electrons. The quantitative estimate of drug-likeness (QED) is 0.682. The molecule has 0 saturated heterocycles. The molecule has 3 heteroatoms. The molecule has 0 aromatic carbocycles. The Labute approximate surface area is 103 Å². The molecule has 0 heterocycles. The van der Waals surface area contributed by atoms with Crippen LogP contribution in [0.25, 0.3) is 0 Å². The first kappa shape index (κ1) is 12.2. The number of allylic oxidation sites excluding steroid dienone is 4. The average molecular weight is 232 g/mol. The SMILES string of the molecule is CN(C)C1CCC(N=C2C=CC(=O)C=C2)CC1. The van der Waals surface area contributed by atoms with Gasteiger partial charge in [-0.1, -0.05) is 0 Å². The first-order valence-electron chi connectivity index (χ1n) is 6.29. The highest BCUT2D eigenvalue weighted by atomic mass is 16.1. The summed E-state index contributed by atoms with van der Waals surface area (Å²) in [6.45, 7) is 0. The number of hydrogen-bond acceptors (Lipinski definition) is 3. The molecule has 3 nitrogen and oxygen atoms in total. The molecule has 1 saturated carbocycles. The Bertz CT molecular complexity index is 354. The fourth-order valence-electron chi connectivity index (χ4n) is 2.45. The zero-order valence-corrected chi connectivity index (χ0v) is 10.6. The minimum absolute atomic E-state index is 0.0558. The maximum Gasteiger partial charge on any atom is 0.178 e. The standard InChI is InChI=1S/C14H20N2O/c1-16(2)13-7-3-11(4-8-13)15-12-5-9-14(17)10-6-12/h5-6,9-11,13H,3-4,7-8H2,1-2H3. The Morgan fingerprint density at radius 2 is 1.65 bits per heavy atom. The highest BCUT2D eigenvalue weighted by Crippen LogP contribution is 2.24. The molecule has 2 aliphatic carbocycles. The molecular formula is C14H20N2O. The molecule has 2 rings (SSSR count). The van der Waals surface area contributed by atoms with Gasteiger partial charge in [0.05, 0.1) is 11.8 Å². The van der Waals surface area contributed by atoms with Crippen molar-refractivity contribution in [3.05, 3.63) is 24.3 Å². The monoisotopic (exact) mass is 232 g/mol.